The predicted octanol–water partition coefficient (Wildman–Crippen LogP) is 1.03. The van der Waals surface area contributed by atoms with E-state index in [1.165, 1.54) is 17.1 Å². The van der Waals surface area contributed by atoms with E-state index in [0.29, 0.717) is 10.7 Å². The minimum atomic E-state index is -0.264. The fraction of sp³-hybridized carbons (Fsp3) is 0.125. The SMILES string of the molecule is Cn1ncc(Cl)c1C(=O)c1ncc[nH]1. The molecule has 0 radical (unpaired) electrons. The number of nitrogens with zero attached hydrogens (tertiary/aromatic N) is 3. The molecule has 0 atom stereocenters. The number of halogens is 1. The molecule has 0 unspecified atom stereocenters. The summed E-state index contributed by atoms with van der Waals surface area (Å²) in [6.45, 7) is 0. The molecule has 0 aliphatic carbocycles. The van der Waals surface area contributed by atoms with E-state index in [9.17, 15) is 4.79 Å². The first-order valence-electron chi connectivity index (χ1n) is 3.91. The summed E-state index contributed by atoms with van der Waals surface area (Å²) < 4.78 is 1.42. The van der Waals surface area contributed by atoms with Crippen LogP contribution in [0.25, 0.3) is 0 Å². The van der Waals surface area contributed by atoms with E-state index in [1.54, 1.807) is 13.2 Å². The fourth-order valence-corrected chi connectivity index (χ4v) is 1.42. The second-order valence-corrected chi connectivity index (χ2v) is 3.14. The number of aromatic nitrogens is 4. The highest BCUT2D eigenvalue weighted by molar-refractivity contribution is 6.34. The second-order valence-electron chi connectivity index (χ2n) is 2.73. The van der Waals surface area contributed by atoms with Crippen LogP contribution in [0.2, 0.25) is 5.02 Å². The Kier molecular flexibility index (Phi) is 2.09. The maximum Gasteiger partial charge on any atom is 0.247 e. The predicted molar refractivity (Wildman–Crippen MR) is 50.2 cm³/mol. The van der Waals surface area contributed by atoms with Crippen LogP contribution >= 0.6 is 11.6 Å². The van der Waals surface area contributed by atoms with Crippen molar-refractivity contribution >= 4 is 17.4 Å². The Morgan fingerprint density at radius 1 is 1.64 bits per heavy atom. The zero-order valence-electron chi connectivity index (χ0n) is 7.36. The number of hydrogen-bond donors (Lipinski definition) is 1. The van der Waals surface area contributed by atoms with Crippen molar-refractivity contribution in [3.05, 3.63) is 35.1 Å². The molecule has 0 aromatic carbocycles. The molecular weight excluding hydrogens is 204 g/mol. The number of aryl methyl sites for hydroxylation is 1. The molecule has 6 heteroatoms. The van der Waals surface area contributed by atoms with E-state index in [0.717, 1.165) is 0 Å². The Labute approximate surface area is 84.7 Å². The highest BCUT2D eigenvalue weighted by Gasteiger charge is 2.18. The second kappa shape index (κ2) is 3.26. The van der Waals surface area contributed by atoms with E-state index in [2.05, 4.69) is 15.1 Å². The van der Waals surface area contributed by atoms with Crippen molar-refractivity contribution in [2.45, 2.75) is 0 Å². The van der Waals surface area contributed by atoms with Gasteiger partial charge in [-0.05, 0) is 0 Å². The Balaban J connectivity index is 2.46. The molecule has 2 heterocycles. The fourth-order valence-electron chi connectivity index (χ4n) is 1.17. The monoisotopic (exact) mass is 210 g/mol. The van der Waals surface area contributed by atoms with Gasteiger partial charge < -0.3 is 4.98 Å². The number of nitrogens with one attached hydrogen (secondary N) is 1. The van der Waals surface area contributed by atoms with E-state index < -0.39 is 0 Å². The minimum Gasteiger partial charge on any atom is -0.342 e. The molecule has 0 saturated carbocycles. The molecule has 0 saturated heterocycles. The van der Waals surface area contributed by atoms with E-state index in [-0.39, 0.29) is 11.6 Å². The first-order valence-corrected chi connectivity index (χ1v) is 4.29. The van der Waals surface area contributed by atoms with Crippen LogP contribution in [0.15, 0.2) is 18.6 Å². The summed E-state index contributed by atoms with van der Waals surface area (Å²) >= 11 is 5.81. The average molecular weight is 211 g/mol. The standard InChI is InChI=1S/C8H7ClN4O/c1-13-6(5(9)4-12-13)7(14)8-10-2-3-11-8/h2-4H,1H3,(H,10,11). The van der Waals surface area contributed by atoms with Crippen molar-refractivity contribution in [3.63, 3.8) is 0 Å². The molecule has 2 aromatic rings. The van der Waals surface area contributed by atoms with Gasteiger partial charge in [-0.2, -0.15) is 5.10 Å². The smallest absolute Gasteiger partial charge is 0.247 e. The van der Waals surface area contributed by atoms with Gasteiger partial charge in [0.1, 0.15) is 5.69 Å². The Morgan fingerprint density at radius 3 is 2.93 bits per heavy atom. The lowest BCUT2D eigenvalue weighted by atomic mass is 10.3. The summed E-state index contributed by atoms with van der Waals surface area (Å²) in [5.41, 5.74) is 0.335. The molecule has 1 N–H and O–H groups in total. The maximum absolute atomic E-state index is 11.8. The number of aromatic amines is 1. The van der Waals surface area contributed by atoms with Gasteiger partial charge in [0.05, 0.1) is 11.2 Å². The van der Waals surface area contributed by atoms with Gasteiger partial charge in [-0.25, -0.2) is 4.98 Å². The Morgan fingerprint density at radius 2 is 2.43 bits per heavy atom. The topological polar surface area (TPSA) is 63.6 Å². The van der Waals surface area contributed by atoms with Crippen LogP contribution in [0.4, 0.5) is 0 Å². The number of ketones is 1. The summed E-state index contributed by atoms with van der Waals surface area (Å²) in [5.74, 6) is -0.00417. The molecular formula is C8H7ClN4O. The van der Waals surface area contributed by atoms with Crippen molar-refractivity contribution in [2.24, 2.45) is 7.05 Å². The molecule has 0 amide bonds. The van der Waals surface area contributed by atoms with Gasteiger partial charge in [0, 0.05) is 19.4 Å². The molecule has 14 heavy (non-hydrogen) atoms. The number of rotatable bonds is 2. The van der Waals surface area contributed by atoms with Gasteiger partial charge in [0.2, 0.25) is 5.78 Å². The quantitative estimate of drug-likeness (QED) is 0.753. The van der Waals surface area contributed by atoms with Crippen molar-refractivity contribution < 1.29 is 4.79 Å². The molecule has 0 bridgehead atoms. The van der Waals surface area contributed by atoms with Gasteiger partial charge in [0.15, 0.2) is 5.82 Å². The van der Waals surface area contributed by atoms with Crippen molar-refractivity contribution in [2.75, 3.05) is 0 Å². The summed E-state index contributed by atoms with van der Waals surface area (Å²) in [7, 11) is 1.65. The number of H-pyrrole nitrogens is 1. The zero-order valence-corrected chi connectivity index (χ0v) is 8.12. The van der Waals surface area contributed by atoms with E-state index in [1.807, 2.05) is 0 Å². The molecule has 0 aliphatic rings. The van der Waals surface area contributed by atoms with Crippen LogP contribution in [0.1, 0.15) is 16.3 Å². The molecule has 0 spiro atoms. The Bertz CT molecular complexity index is 440. The molecule has 2 aromatic heterocycles. The molecule has 72 valence electrons. The minimum absolute atomic E-state index is 0.260. The third-order valence-corrected chi connectivity index (χ3v) is 2.10. The van der Waals surface area contributed by atoms with Crippen molar-refractivity contribution in [1.82, 2.24) is 19.7 Å². The highest BCUT2D eigenvalue weighted by Crippen LogP contribution is 2.16. The summed E-state index contributed by atoms with van der Waals surface area (Å²) in [6, 6.07) is 0. The largest absolute Gasteiger partial charge is 0.342 e. The van der Waals surface area contributed by atoms with E-state index in [4.69, 9.17) is 11.6 Å². The summed E-state index contributed by atoms with van der Waals surface area (Å²) in [4.78, 5) is 18.3. The summed E-state index contributed by atoms with van der Waals surface area (Å²) in [6.07, 6.45) is 4.52. The van der Waals surface area contributed by atoms with Gasteiger partial charge in [-0.1, -0.05) is 11.6 Å². The van der Waals surface area contributed by atoms with E-state index >= 15 is 0 Å². The third kappa shape index (κ3) is 1.31. The van der Waals surface area contributed by atoms with Crippen LogP contribution in [-0.4, -0.2) is 25.5 Å². The summed E-state index contributed by atoms with van der Waals surface area (Å²) in [5, 5.41) is 4.20. The molecule has 2 rings (SSSR count). The first kappa shape index (κ1) is 8.96. The van der Waals surface area contributed by atoms with Crippen LogP contribution in [0.5, 0.6) is 0 Å². The molecule has 0 fully saturated rings. The van der Waals surface area contributed by atoms with Gasteiger partial charge in [0.25, 0.3) is 0 Å². The third-order valence-electron chi connectivity index (χ3n) is 1.82. The zero-order chi connectivity index (χ0) is 10.1. The van der Waals surface area contributed by atoms with Crippen LogP contribution in [-0.2, 0) is 7.05 Å². The van der Waals surface area contributed by atoms with Crippen molar-refractivity contribution in [1.29, 1.82) is 0 Å². The molecule has 0 aliphatic heterocycles. The lowest BCUT2D eigenvalue weighted by molar-refractivity contribution is 0.102. The lowest BCUT2D eigenvalue weighted by Gasteiger charge is -1.98. The highest BCUT2D eigenvalue weighted by atomic mass is 35.5. The average Bonchev–Trinajstić information content (AvgIpc) is 2.75. The lowest BCUT2D eigenvalue weighted by Crippen LogP contribution is -2.10. The number of imidazole rings is 1. The first-order chi connectivity index (χ1) is 6.70. The number of carbonyl (C=O) groups excluding carboxylic acids is 1. The number of carbonyl (C=O) groups is 1. The molecule has 5 nitrogen and oxygen atoms in total. The van der Waals surface area contributed by atoms with Crippen molar-refractivity contribution in [3.8, 4) is 0 Å². The normalized spacial score (nSPS) is 10.4. The van der Waals surface area contributed by atoms with Crippen LogP contribution in [0.3, 0.4) is 0 Å². The van der Waals surface area contributed by atoms with Gasteiger partial charge >= 0.3 is 0 Å². The Hall–Kier alpha value is -1.62. The van der Waals surface area contributed by atoms with Gasteiger partial charge in [-0.15, -0.1) is 0 Å². The van der Waals surface area contributed by atoms with Crippen LogP contribution < -0.4 is 0 Å². The van der Waals surface area contributed by atoms with Gasteiger partial charge in [-0.3, -0.25) is 9.48 Å². The van der Waals surface area contributed by atoms with Crippen LogP contribution in [0, 0.1) is 0 Å². The maximum atomic E-state index is 11.8. The number of hydrogen-bond acceptors (Lipinski definition) is 3.